The molecule has 0 unspecified atom stereocenters. The van der Waals surface area contributed by atoms with Crippen molar-refractivity contribution in [2.24, 2.45) is 0 Å². The summed E-state index contributed by atoms with van der Waals surface area (Å²) in [4.78, 5) is 0. The lowest BCUT2D eigenvalue weighted by Gasteiger charge is -2.13. The van der Waals surface area contributed by atoms with E-state index in [1.165, 1.54) is 0 Å². The molecule has 0 aromatic heterocycles. The lowest BCUT2D eigenvalue weighted by Crippen LogP contribution is -2.30. The van der Waals surface area contributed by atoms with E-state index in [2.05, 4.69) is 16.9 Å². The maximum atomic E-state index is 5.60. The molecule has 0 amide bonds. The van der Waals surface area contributed by atoms with E-state index < -0.39 is 0 Å². The third-order valence-corrected chi connectivity index (χ3v) is 3.15. The summed E-state index contributed by atoms with van der Waals surface area (Å²) in [6, 6.07) is 16.0. The maximum Gasteiger partial charge on any atom is 0.123 e. The molecule has 4 heteroatoms. The number of methoxy groups -OCH3 is 1. The number of hydrogen-bond acceptors (Lipinski definition) is 4. The SMILES string of the molecule is CCOc1ccccc1CNNCc1ccccc1OC. The van der Waals surface area contributed by atoms with E-state index in [0.717, 1.165) is 22.6 Å². The molecule has 0 saturated heterocycles. The van der Waals surface area contributed by atoms with Gasteiger partial charge in [0.25, 0.3) is 0 Å². The Kier molecular flexibility index (Phi) is 6.06. The molecular weight excluding hydrogens is 264 g/mol. The van der Waals surface area contributed by atoms with Gasteiger partial charge in [0.15, 0.2) is 0 Å². The largest absolute Gasteiger partial charge is 0.496 e. The van der Waals surface area contributed by atoms with Gasteiger partial charge in [-0.1, -0.05) is 36.4 Å². The molecule has 0 spiro atoms. The van der Waals surface area contributed by atoms with E-state index >= 15 is 0 Å². The quantitative estimate of drug-likeness (QED) is 0.578. The summed E-state index contributed by atoms with van der Waals surface area (Å²) in [5.74, 6) is 1.81. The highest BCUT2D eigenvalue weighted by atomic mass is 16.5. The Hall–Kier alpha value is -2.04. The molecule has 0 aliphatic rings. The molecule has 2 aromatic rings. The van der Waals surface area contributed by atoms with Gasteiger partial charge in [-0.15, -0.1) is 0 Å². The van der Waals surface area contributed by atoms with Gasteiger partial charge < -0.3 is 9.47 Å². The third kappa shape index (κ3) is 4.48. The van der Waals surface area contributed by atoms with Crippen LogP contribution in [-0.4, -0.2) is 13.7 Å². The zero-order chi connectivity index (χ0) is 14.9. The molecule has 0 aliphatic heterocycles. The van der Waals surface area contributed by atoms with Crippen molar-refractivity contribution >= 4 is 0 Å². The minimum Gasteiger partial charge on any atom is -0.496 e. The van der Waals surface area contributed by atoms with E-state index in [9.17, 15) is 0 Å². The van der Waals surface area contributed by atoms with E-state index in [0.29, 0.717) is 19.7 Å². The molecule has 0 radical (unpaired) electrons. The van der Waals surface area contributed by atoms with Gasteiger partial charge in [0, 0.05) is 24.2 Å². The van der Waals surface area contributed by atoms with Gasteiger partial charge in [-0.3, -0.25) is 10.9 Å². The fraction of sp³-hybridized carbons (Fsp3) is 0.294. The van der Waals surface area contributed by atoms with Crippen LogP contribution in [0.2, 0.25) is 0 Å². The number of hydrazine groups is 1. The molecule has 112 valence electrons. The van der Waals surface area contributed by atoms with Crippen LogP contribution in [0, 0.1) is 0 Å². The topological polar surface area (TPSA) is 42.5 Å². The monoisotopic (exact) mass is 286 g/mol. The number of nitrogens with one attached hydrogen (secondary N) is 2. The van der Waals surface area contributed by atoms with Crippen LogP contribution in [0.4, 0.5) is 0 Å². The van der Waals surface area contributed by atoms with Crippen molar-refractivity contribution in [2.45, 2.75) is 20.0 Å². The van der Waals surface area contributed by atoms with Crippen LogP contribution >= 0.6 is 0 Å². The van der Waals surface area contributed by atoms with E-state index in [4.69, 9.17) is 9.47 Å². The smallest absolute Gasteiger partial charge is 0.123 e. The van der Waals surface area contributed by atoms with Gasteiger partial charge in [-0.25, -0.2) is 0 Å². The normalized spacial score (nSPS) is 10.4. The zero-order valence-corrected chi connectivity index (χ0v) is 12.6. The van der Waals surface area contributed by atoms with Crippen LogP contribution in [0.25, 0.3) is 0 Å². The van der Waals surface area contributed by atoms with Crippen molar-refractivity contribution in [3.05, 3.63) is 59.7 Å². The first-order valence-electron chi connectivity index (χ1n) is 7.13. The van der Waals surface area contributed by atoms with Gasteiger partial charge in [0.2, 0.25) is 0 Å². The van der Waals surface area contributed by atoms with Crippen LogP contribution in [0.3, 0.4) is 0 Å². The molecule has 0 bridgehead atoms. The van der Waals surface area contributed by atoms with Crippen molar-refractivity contribution in [1.29, 1.82) is 0 Å². The average Bonchev–Trinajstić information content (AvgIpc) is 2.53. The summed E-state index contributed by atoms with van der Waals surface area (Å²) >= 11 is 0. The molecule has 21 heavy (non-hydrogen) atoms. The molecular formula is C17H22N2O2. The number of benzene rings is 2. The summed E-state index contributed by atoms with van der Waals surface area (Å²) in [5.41, 5.74) is 8.67. The fourth-order valence-electron chi connectivity index (χ4n) is 2.11. The van der Waals surface area contributed by atoms with Crippen LogP contribution in [0.5, 0.6) is 11.5 Å². The number of rotatable bonds is 8. The summed E-state index contributed by atoms with van der Waals surface area (Å²) in [5, 5.41) is 0. The average molecular weight is 286 g/mol. The lowest BCUT2D eigenvalue weighted by molar-refractivity contribution is 0.334. The second kappa shape index (κ2) is 8.29. The summed E-state index contributed by atoms with van der Waals surface area (Å²) in [6.07, 6.45) is 0. The predicted octanol–water partition coefficient (Wildman–Crippen LogP) is 2.89. The second-order valence-electron chi connectivity index (χ2n) is 4.56. The van der Waals surface area contributed by atoms with Crippen LogP contribution in [-0.2, 0) is 13.1 Å². The van der Waals surface area contributed by atoms with Crippen molar-refractivity contribution in [3.8, 4) is 11.5 Å². The van der Waals surface area contributed by atoms with E-state index in [1.807, 2.05) is 49.4 Å². The molecule has 0 atom stereocenters. The first kappa shape index (κ1) is 15.4. The molecule has 4 nitrogen and oxygen atoms in total. The Morgan fingerprint density at radius 3 is 1.90 bits per heavy atom. The summed E-state index contributed by atoms with van der Waals surface area (Å²) in [6.45, 7) is 4.06. The Morgan fingerprint density at radius 1 is 0.810 bits per heavy atom. The molecule has 2 rings (SSSR count). The Balaban J connectivity index is 1.85. The Morgan fingerprint density at radius 2 is 1.33 bits per heavy atom. The van der Waals surface area contributed by atoms with Gasteiger partial charge in [0.1, 0.15) is 11.5 Å². The van der Waals surface area contributed by atoms with Crippen molar-refractivity contribution in [2.75, 3.05) is 13.7 Å². The number of hydrogen-bond donors (Lipinski definition) is 2. The Labute approximate surface area is 126 Å². The van der Waals surface area contributed by atoms with E-state index in [1.54, 1.807) is 7.11 Å². The van der Waals surface area contributed by atoms with Crippen molar-refractivity contribution in [1.82, 2.24) is 10.9 Å². The van der Waals surface area contributed by atoms with Crippen LogP contribution in [0.15, 0.2) is 48.5 Å². The molecule has 0 fully saturated rings. The highest BCUT2D eigenvalue weighted by molar-refractivity contribution is 5.34. The minimum absolute atomic E-state index is 0.672. The first-order valence-corrected chi connectivity index (χ1v) is 7.13. The highest BCUT2D eigenvalue weighted by Gasteiger charge is 2.03. The zero-order valence-electron chi connectivity index (χ0n) is 12.6. The maximum absolute atomic E-state index is 5.60. The molecule has 2 aromatic carbocycles. The van der Waals surface area contributed by atoms with Gasteiger partial charge in [-0.05, 0) is 19.1 Å². The van der Waals surface area contributed by atoms with Crippen LogP contribution in [0.1, 0.15) is 18.1 Å². The summed E-state index contributed by atoms with van der Waals surface area (Å²) < 4.78 is 10.9. The van der Waals surface area contributed by atoms with Gasteiger partial charge in [-0.2, -0.15) is 0 Å². The fourth-order valence-corrected chi connectivity index (χ4v) is 2.11. The molecule has 0 heterocycles. The van der Waals surface area contributed by atoms with E-state index in [-0.39, 0.29) is 0 Å². The second-order valence-corrected chi connectivity index (χ2v) is 4.56. The minimum atomic E-state index is 0.672. The lowest BCUT2D eigenvalue weighted by atomic mass is 10.2. The Bertz CT molecular complexity index is 558. The highest BCUT2D eigenvalue weighted by Crippen LogP contribution is 2.18. The number of ether oxygens (including phenoxy) is 2. The molecule has 0 saturated carbocycles. The first-order chi connectivity index (χ1) is 10.3. The summed E-state index contributed by atoms with van der Waals surface area (Å²) in [7, 11) is 1.69. The molecule has 0 aliphatic carbocycles. The molecule has 2 N–H and O–H groups in total. The third-order valence-electron chi connectivity index (χ3n) is 3.15. The van der Waals surface area contributed by atoms with Crippen LogP contribution < -0.4 is 20.3 Å². The standard InChI is InChI=1S/C17H22N2O2/c1-3-21-17-11-7-5-9-15(17)13-19-18-12-14-8-4-6-10-16(14)20-2/h4-11,18-19H,3,12-13H2,1-2H3. The van der Waals surface area contributed by atoms with Gasteiger partial charge in [0.05, 0.1) is 13.7 Å². The number of para-hydroxylation sites is 2. The predicted molar refractivity (Wildman–Crippen MR) is 84.3 cm³/mol. The van der Waals surface area contributed by atoms with Gasteiger partial charge >= 0.3 is 0 Å². The van der Waals surface area contributed by atoms with Crippen molar-refractivity contribution in [3.63, 3.8) is 0 Å². The van der Waals surface area contributed by atoms with Crippen molar-refractivity contribution < 1.29 is 9.47 Å².